The first-order valence-electron chi connectivity index (χ1n) is 9.88. The molecule has 13 N–H and O–H groups in total. The number of rotatable bonds is 7. The molecule has 8 unspecified atom stereocenters. The highest BCUT2D eigenvalue weighted by Crippen LogP contribution is 2.26. The number of nitrogens with one attached hydrogen (secondary N) is 1. The van der Waals surface area contributed by atoms with Gasteiger partial charge >= 0.3 is 0 Å². The van der Waals surface area contributed by atoms with Crippen LogP contribution in [-0.2, 0) is 9.47 Å². The lowest BCUT2D eigenvalue weighted by Gasteiger charge is -2.42. The van der Waals surface area contributed by atoms with E-state index in [9.17, 15) is 10.2 Å². The molecule has 1 aliphatic carbocycles. The maximum Gasteiger partial charge on any atom is 0.173 e. The van der Waals surface area contributed by atoms with Gasteiger partial charge in [-0.2, -0.15) is 0 Å². The molecule has 0 radical (unpaired) electrons. The first-order valence-corrected chi connectivity index (χ1v) is 9.88. The second kappa shape index (κ2) is 12.9. The van der Waals surface area contributed by atoms with E-state index in [1.165, 1.54) is 0 Å². The highest BCUT2D eigenvalue weighted by molar-refractivity contribution is 4.92. The molecule has 0 aromatic heterocycles. The Balaban J connectivity index is 0.000000445. The van der Waals surface area contributed by atoms with Gasteiger partial charge < -0.3 is 53.7 Å². The van der Waals surface area contributed by atoms with Gasteiger partial charge in [-0.25, -0.2) is 0 Å². The lowest BCUT2D eigenvalue weighted by Crippen LogP contribution is -2.59. The Morgan fingerprint density at radius 3 is 2.30 bits per heavy atom. The van der Waals surface area contributed by atoms with Gasteiger partial charge in [0.1, 0.15) is 0 Å². The van der Waals surface area contributed by atoms with E-state index in [1.807, 2.05) is 0 Å². The van der Waals surface area contributed by atoms with Crippen molar-refractivity contribution in [2.75, 3.05) is 26.2 Å². The smallest absolute Gasteiger partial charge is 0.173 e. The Kier molecular flexibility index (Phi) is 11.8. The third kappa shape index (κ3) is 8.24. The molecule has 0 amide bonds. The molecule has 0 aromatic rings. The highest BCUT2D eigenvalue weighted by Gasteiger charge is 2.40. The highest BCUT2D eigenvalue weighted by atomic mass is 16.7. The van der Waals surface area contributed by atoms with Gasteiger partial charge in [-0.05, 0) is 38.9 Å². The predicted octanol–water partition coefficient (Wildman–Crippen LogP) is -3.11. The molecule has 27 heavy (non-hydrogen) atoms. The van der Waals surface area contributed by atoms with E-state index in [-0.39, 0.29) is 24.7 Å². The van der Waals surface area contributed by atoms with Crippen LogP contribution in [0.5, 0.6) is 0 Å². The zero-order valence-electron chi connectivity index (χ0n) is 16.4. The van der Waals surface area contributed by atoms with Gasteiger partial charge in [0, 0.05) is 25.0 Å². The van der Waals surface area contributed by atoms with Crippen LogP contribution in [0.15, 0.2) is 0 Å². The van der Waals surface area contributed by atoms with Crippen molar-refractivity contribution in [2.24, 2.45) is 28.7 Å². The van der Waals surface area contributed by atoms with Crippen LogP contribution < -0.4 is 34.0 Å². The van der Waals surface area contributed by atoms with Gasteiger partial charge in [-0.1, -0.05) is 6.92 Å². The first-order chi connectivity index (χ1) is 12.8. The zero-order chi connectivity index (χ0) is 20.4. The van der Waals surface area contributed by atoms with Gasteiger partial charge in [0.25, 0.3) is 0 Å². The molecule has 2 fully saturated rings. The molecule has 0 spiro atoms. The summed E-state index contributed by atoms with van der Waals surface area (Å²) < 4.78 is 11.4. The third-order valence-electron chi connectivity index (χ3n) is 4.94. The van der Waals surface area contributed by atoms with E-state index in [0.717, 1.165) is 26.1 Å². The minimum Gasteiger partial charge on any atom is -0.391 e. The Hall–Kier alpha value is -0.400. The molecular formula is C17H40N6O4. The second-order valence-corrected chi connectivity index (χ2v) is 7.28. The molecule has 1 saturated carbocycles. The van der Waals surface area contributed by atoms with Crippen molar-refractivity contribution >= 4 is 0 Å². The Labute approximate surface area is 162 Å². The average molecular weight is 393 g/mol. The van der Waals surface area contributed by atoms with E-state index in [4.69, 9.17) is 38.1 Å². The van der Waals surface area contributed by atoms with Gasteiger partial charge in [-0.3, -0.25) is 0 Å². The molecular weight excluding hydrogens is 352 g/mol. The summed E-state index contributed by atoms with van der Waals surface area (Å²) in [6, 6.07) is -1.05. The molecule has 0 aromatic carbocycles. The van der Waals surface area contributed by atoms with E-state index in [1.54, 1.807) is 0 Å². The molecule has 10 heteroatoms. The monoisotopic (exact) mass is 392 g/mol. The largest absolute Gasteiger partial charge is 0.391 e. The fraction of sp³-hybridized carbons (Fsp3) is 1.00. The van der Waals surface area contributed by atoms with Crippen molar-refractivity contribution in [1.82, 2.24) is 5.32 Å². The minimum atomic E-state index is -0.686. The number of hydrogen-bond donors (Lipinski definition) is 8. The number of ether oxygens (including phenoxy) is 2. The fourth-order valence-corrected chi connectivity index (χ4v) is 3.19. The molecule has 1 saturated heterocycles. The maximum absolute atomic E-state index is 9.81. The van der Waals surface area contributed by atoms with Crippen LogP contribution in [-0.4, -0.2) is 85.2 Å². The molecule has 162 valence electrons. The summed E-state index contributed by atoms with van der Waals surface area (Å²) in [5.74, 6) is 0. The summed E-state index contributed by atoms with van der Waals surface area (Å²) in [6.07, 6.45) is -0.582. The number of aliphatic hydroxyl groups is 2. The molecule has 8 atom stereocenters. The fourth-order valence-electron chi connectivity index (χ4n) is 3.19. The number of aliphatic hydroxyl groups excluding tert-OH is 2. The molecule has 1 heterocycles. The predicted molar refractivity (Wildman–Crippen MR) is 105 cm³/mol. The van der Waals surface area contributed by atoms with Gasteiger partial charge in [0.2, 0.25) is 0 Å². The SMILES string of the molecule is CCNCCCN.NCC1OC(OC2CC(O)C(N)CC2N)C(N)CC1O. The van der Waals surface area contributed by atoms with Gasteiger partial charge in [0.05, 0.1) is 30.5 Å². The topological polar surface area (TPSA) is 201 Å². The Morgan fingerprint density at radius 2 is 1.70 bits per heavy atom. The van der Waals surface area contributed by atoms with E-state index >= 15 is 0 Å². The molecule has 10 nitrogen and oxygen atoms in total. The van der Waals surface area contributed by atoms with Crippen LogP contribution in [0.2, 0.25) is 0 Å². The summed E-state index contributed by atoms with van der Waals surface area (Å²) in [5.41, 5.74) is 28.5. The minimum absolute atomic E-state index is 0.192. The third-order valence-corrected chi connectivity index (χ3v) is 4.94. The normalized spacial score (nSPS) is 39.6. The first kappa shape index (κ1) is 24.6. The average Bonchev–Trinajstić information content (AvgIpc) is 2.62. The summed E-state index contributed by atoms with van der Waals surface area (Å²) in [4.78, 5) is 0. The summed E-state index contributed by atoms with van der Waals surface area (Å²) >= 11 is 0. The van der Waals surface area contributed by atoms with Crippen LogP contribution in [0, 0.1) is 0 Å². The number of nitrogens with two attached hydrogens (primary N) is 5. The zero-order valence-corrected chi connectivity index (χ0v) is 16.4. The Morgan fingerprint density at radius 1 is 1.00 bits per heavy atom. The molecule has 2 aliphatic rings. The number of hydrogen-bond acceptors (Lipinski definition) is 10. The van der Waals surface area contributed by atoms with Crippen molar-refractivity contribution < 1.29 is 19.7 Å². The van der Waals surface area contributed by atoms with Crippen LogP contribution in [0.3, 0.4) is 0 Å². The quantitative estimate of drug-likeness (QED) is 0.205. The lowest BCUT2D eigenvalue weighted by molar-refractivity contribution is -0.252. The van der Waals surface area contributed by atoms with E-state index < -0.39 is 30.6 Å². The van der Waals surface area contributed by atoms with Crippen molar-refractivity contribution in [3.8, 4) is 0 Å². The van der Waals surface area contributed by atoms with Crippen molar-refractivity contribution in [1.29, 1.82) is 0 Å². The van der Waals surface area contributed by atoms with Gasteiger partial charge in [0.15, 0.2) is 6.29 Å². The standard InChI is InChI=1S/C12H26N4O4.C5H14N2/c13-4-11-9(18)2-7(16)12(20-11)19-10-3-8(17)5(14)1-6(10)15;1-2-7-5-3-4-6/h5-12,17-18H,1-4,13-16H2;7H,2-6H2,1H3. The maximum atomic E-state index is 9.81. The molecule has 0 bridgehead atoms. The van der Waals surface area contributed by atoms with E-state index in [2.05, 4.69) is 12.2 Å². The summed E-state index contributed by atoms with van der Waals surface area (Å²) in [7, 11) is 0. The van der Waals surface area contributed by atoms with Crippen molar-refractivity contribution in [3.63, 3.8) is 0 Å². The van der Waals surface area contributed by atoms with Gasteiger partial charge in [-0.15, -0.1) is 0 Å². The van der Waals surface area contributed by atoms with E-state index in [0.29, 0.717) is 19.3 Å². The van der Waals surface area contributed by atoms with Crippen molar-refractivity contribution in [3.05, 3.63) is 0 Å². The Bertz CT molecular complexity index is 390. The summed E-state index contributed by atoms with van der Waals surface area (Å²) in [5, 5.41) is 22.7. The van der Waals surface area contributed by atoms with Crippen LogP contribution in [0.4, 0.5) is 0 Å². The molecule has 2 rings (SSSR count). The lowest BCUT2D eigenvalue weighted by atomic mass is 9.87. The van der Waals surface area contributed by atoms with Crippen LogP contribution in [0.1, 0.15) is 32.6 Å². The van der Waals surface area contributed by atoms with Crippen LogP contribution >= 0.6 is 0 Å². The van der Waals surface area contributed by atoms with Crippen LogP contribution in [0.25, 0.3) is 0 Å². The molecule has 1 aliphatic heterocycles. The van der Waals surface area contributed by atoms with Crippen molar-refractivity contribution in [2.45, 2.75) is 81.4 Å². The second-order valence-electron chi connectivity index (χ2n) is 7.28. The summed E-state index contributed by atoms with van der Waals surface area (Å²) in [6.45, 7) is 5.20.